The zero-order valence-corrected chi connectivity index (χ0v) is 10.4. The van der Waals surface area contributed by atoms with Gasteiger partial charge in [-0.15, -0.1) is 10.2 Å². The third-order valence-electron chi connectivity index (χ3n) is 2.43. The van der Waals surface area contributed by atoms with Crippen molar-refractivity contribution in [3.05, 3.63) is 41.4 Å². The first kappa shape index (κ1) is 11.9. The molecule has 0 atom stereocenters. The lowest BCUT2D eigenvalue weighted by Gasteiger charge is -2.07. The molecule has 0 saturated carbocycles. The van der Waals surface area contributed by atoms with Crippen LogP contribution in [0.2, 0.25) is 5.28 Å². The van der Waals surface area contributed by atoms with Crippen LogP contribution in [0.1, 0.15) is 12.2 Å². The van der Waals surface area contributed by atoms with Gasteiger partial charge in [0.05, 0.1) is 6.61 Å². The van der Waals surface area contributed by atoms with Crippen LogP contribution < -0.4 is 4.74 Å². The molecule has 4 nitrogen and oxygen atoms in total. The van der Waals surface area contributed by atoms with Crippen LogP contribution in [0.15, 0.2) is 30.3 Å². The van der Waals surface area contributed by atoms with Crippen molar-refractivity contribution >= 4 is 11.6 Å². The number of ether oxygens (including phenoxy) is 1. The van der Waals surface area contributed by atoms with E-state index in [-0.39, 0.29) is 0 Å². The van der Waals surface area contributed by atoms with Crippen LogP contribution in [-0.2, 0) is 6.54 Å². The minimum absolute atomic E-state index is 0.433. The summed E-state index contributed by atoms with van der Waals surface area (Å²) in [5, 5.41) is 8.12. The molecule has 5 heteroatoms. The first-order valence-electron chi connectivity index (χ1n) is 5.50. The molecule has 0 aliphatic carbocycles. The van der Waals surface area contributed by atoms with E-state index in [0.29, 0.717) is 11.9 Å². The number of hydrogen-bond acceptors (Lipinski definition) is 3. The van der Waals surface area contributed by atoms with Crippen LogP contribution in [0.3, 0.4) is 0 Å². The number of aryl methyl sites for hydroxylation is 1. The topological polar surface area (TPSA) is 39.9 Å². The fourth-order valence-electron chi connectivity index (χ4n) is 1.54. The Hall–Kier alpha value is -1.55. The second-order valence-corrected chi connectivity index (χ2v) is 4.02. The standard InChI is InChI=1S/C12H14ClN3O/c1-10-14-15-12(13)16(10)8-5-9-17-11-6-3-2-4-7-11/h2-4,6-7H,5,8-9H2,1H3. The van der Waals surface area contributed by atoms with Crippen LogP contribution >= 0.6 is 11.6 Å². The molecule has 0 radical (unpaired) electrons. The summed E-state index contributed by atoms with van der Waals surface area (Å²) in [7, 11) is 0. The summed E-state index contributed by atoms with van der Waals surface area (Å²) in [5.41, 5.74) is 0. The SMILES string of the molecule is Cc1nnc(Cl)n1CCCOc1ccccc1. The van der Waals surface area contributed by atoms with Gasteiger partial charge in [0.1, 0.15) is 11.6 Å². The maximum atomic E-state index is 5.89. The molecule has 0 saturated heterocycles. The maximum absolute atomic E-state index is 5.89. The number of halogens is 1. The number of nitrogens with zero attached hydrogens (tertiary/aromatic N) is 3. The molecule has 17 heavy (non-hydrogen) atoms. The summed E-state index contributed by atoms with van der Waals surface area (Å²) in [6.07, 6.45) is 0.869. The summed E-state index contributed by atoms with van der Waals surface area (Å²) in [5.74, 6) is 1.72. The average molecular weight is 252 g/mol. The smallest absolute Gasteiger partial charge is 0.225 e. The maximum Gasteiger partial charge on any atom is 0.225 e. The molecule has 2 rings (SSSR count). The lowest BCUT2D eigenvalue weighted by atomic mass is 10.3. The van der Waals surface area contributed by atoms with E-state index < -0.39 is 0 Å². The molecule has 0 spiro atoms. The van der Waals surface area contributed by atoms with Gasteiger partial charge in [-0.3, -0.25) is 0 Å². The van der Waals surface area contributed by atoms with Crippen molar-refractivity contribution in [3.63, 3.8) is 0 Å². The molecular weight excluding hydrogens is 238 g/mol. The van der Waals surface area contributed by atoms with E-state index in [1.807, 2.05) is 41.8 Å². The van der Waals surface area contributed by atoms with E-state index in [4.69, 9.17) is 16.3 Å². The molecule has 2 aromatic rings. The second kappa shape index (κ2) is 5.68. The van der Waals surface area contributed by atoms with Gasteiger partial charge in [0.2, 0.25) is 5.28 Å². The first-order chi connectivity index (χ1) is 8.27. The van der Waals surface area contributed by atoms with Crippen LogP contribution in [-0.4, -0.2) is 21.4 Å². The summed E-state index contributed by atoms with van der Waals surface area (Å²) >= 11 is 5.89. The highest BCUT2D eigenvalue weighted by atomic mass is 35.5. The molecule has 1 aromatic carbocycles. The fraction of sp³-hybridized carbons (Fsp3) is 0.333. The predicted octanol–water partition coefficient (Wildman–Crippen LogP) is 2.71. The Morgan fingerprint density at radius 3 is 2.65 bits per heavy atom. The Labute approximate surface area is 105 Å². The van der Waals surface area contributed by atoms with E-state index in [9.17, 15) is 0 Å². The molecule has 0 N–H and O–H groups in total. The van der Waals surface area contributed by atoms with Crippen LogP contribution in [0.25, 0.3) is 0 Å². The monoisotopic (exact) mass is 251 g/mol. The van der Waals surface area contributed by atoms with Gasteiger partial charge < -0.3 is 9.30 Å². The second-order valence-electron chi connectivity index (χ2n) is 3.68. The Bertz CT molecular complexity index is 450. The van der Waals surface area contributed by atoms with Gasteiger partial charge in [0, 0.05) is 6.54 Å². The van der Waals surface area contributed by atoms with Crippen LogP contribution in [0.4, 0.5) is 0 Å². The predicted molar refractivity (Wildman–Crippen MR) is 66.3 cm³/mol. The molecule has 0 unspecified atom stereocenters. The normalized spacial score (nSPS) is 10.5. The third-order valence-corrected chi connectivity index (χ3v) is 2.71. The number of rotatable bonds is 5. The summed E-state index contributed by atoms with van der Waals surface area (Å²) in [6, 6.07) is 9.76. The highest BCUT2D eigenvalue weighted by Crippen LogP contribution is 2.10. The van der Waals surface area contributed by atoms with Crippen molar-refractivity contribution in [1.82, 2.24) is 14.8 Å². The molecule has 0 fully saturated rings. The van der Waals surface area contributed by atoms with E-state index in [1.165, 1.54) is 0 Å². The number of para-hydroxylation sites is 1. The van der Waals surface area contributed by atoms with E-state index >= 15 is 0 Å². The largest absolute Gasteiger partial charge is 0.494 e. The Morgan fingerprint density at radius 1 is 1.24 bits per heavy atom. The van der Waals surface area contributed by atoms with E-state index in [0.717, 1.165) is 24.5 Å². The van der Waals surface area contributed by atoms with Gasteiger partial charge in [-0.2, -0.15) is 0 Å². The lowest BCUT2D eigenvalue weighted by Crippen LogP contribution is -2.06. The average Bonchev–Trinajstić information content (AvgIpc) is 2.67. The fourth-order valence-corrected chi connectivity index (χ4v) is 1.78. The van der Waals surface area contributed by atoms with Crippen molar-refractivity contribution in [1.29, 1.82) is 0 Å². The van der Waals surface area contributed by atoms with Gasteiger partial charge in [-0.05, 0) is 37.1 Å². The molecule has 1 aromatic heterocycles. The molecule has 0 aliphatic rings. The van der Waals surface area contributed by atoms with Crippen molar-refractivity contribution in [2.24, 2.45) is 0 Å². The van der Waals surface area contributed by atoms with Crippen molar-refractivity contribution in [3.8, 4) is 5.75 Å². The number of benzene rings is 1. The van der Waals surface area contributed by atoms with Gasteiger partial charge in [0.25, 0.3) is 0 Å². The Morgan fingerprint density at radius 2 is 2.00 bits per heavy atom. The van der Waals surface area contributed by atoms with Crippen molar-refractivity contribution in [2.75, 3.05) is 6.61 Å². The van der Waals surface area contributed by atoms with Gasteiger partial charge in [-0.1, -0.05) is 18.2 Å². The van der Waals surface area contributed by atoms with Crippen LogP contribution in [0.5, 0.6) is 5.75 Å². The molecule has 0 amide bonds. The number of aromatic nitrogens is 3. The molecule has 0 aliphatic heterocycles. The molecule has 1 heterocycles. The van der Waals surface area contributed by atoms with Crippen LogP contribution in [0, 0.1) is 6.92 Å². The Kier molecular flexibility index (Phi) is 3.98. The van der Waals surface area contributed by atoms with Gasteiger partial charge >= 0.3 is 0 Å². The lowest BCUT2D eigenvalue weighted by molar-refractivity contribution is 0.301. The molecule has 90 valence electrons. The minimum atomic E-state index is 0.433. The van der Waals surface area contributed by atoms with Gasteiger partial charge in [-0.25, -0.2) is 0 Å². The number of hydrogen-bond donors (Lipinski definition) is 0. The highest BCUT2D eigenvalue weighted by Gasteiger charge is 2.04. The zero-order valence-electron chi connectivity index (χ0n) is 9.64. The molecular formula is C12H14ClN3O. The van der Waals surface area contributed by atoms with Crippen molar-refractivity contribution in [2.45, 2.75) is 19.9 Å². The molecule has 0 bridgehead atoms. The summed E-state index contributed by atoms with van der Waals surface area (Å²) in [6.45, 7) is 3.30. The van der Waals surface area contributed by atoms with E-state index in [2.05, 4.69) is 10.2 Å². The Balaban J connectivity index is 1.77. The third kappa shape index (κ3) is 3.20. The summed E-state index contributed by atoms with van der Waals surface area (Å²) in [4.78, 5) is 0. The summed E-state index contributed by atoms with van der Waals surface area (Å²) < 4.78 is 7.46. The first-order valence-corrected chi connectivity index (χ1v) is 5.88. The zero-order chi connectivity index (χ0) is 12.1. The quantitative estimate of drug-likeness (QED) is 0.767. The van der Waals surface area contributed by atoms with Crippen molar-refractivity contribution < 1.29 is 4.74 Å². The minimum Gasteiger partial charge on any atom is -0.494 e. The highest BCUT2D eigenvalue weighted by molar-refractivity contribution is 6.28. The van der Waals surface area contributed by atoms with Gasteiger partial charge in [0.15, 0.2) is 0 Å². The van der Waals surface area contributed by atoms with E-state index in [1.54, 1.807) is 0 Å².